The van der Waals surface area contributed by atoms with Gasteiger partial charge in [0.1, 0.15) is 5.82 Å². The molecule has 0 spiro atoms. The van der Waals surface area contributed by atoms with Crippen LogP contribution in [0, 0.1) is 0 Å². The molecule has 4 nitrogen and oxygen atoms in total. The van der Waals surface area contributed by atoms with Gasteiger partial charge in [-0.3, -0.25) is 0 Å². The van der Waals surface area contributed by atoms with E-state index in [2.05, 4.69) is 23.4 Å². The summed E-state index contributed by atoms with van der Waals surface area (Å²) in [5.74, 6) is -0.174. The normalized spacial score (nSPS) is 10.5. The molecule has 1 N–H and O–H groups in total. The van der Waals surface area contributed by atoms with E-state index in [-0.39, 0.29) is 0 Å². The summed E-state index contributed by atoms with van der Waals surface area (Å²) in [6, 6.07) is 3.65. The number of pyridine rings is 1. The highest BCUT2D eigenvalue weighted by atomic mass is 16.4. The Morgan fingerprint density at radius 2 is 2.39 bits per heavy atom. The third kappa shape index (κ3) is 4.05. The third-order valence-electron chi connectivity index (χ3n) is 2.36. The van der Waals surface area contributed by atoms with Crippen LogP contribution in [0.25, 0.3) is 6.08 Å². The average molecular weight is 246 g/mol. The summed E-state index contributed by atoms with van der Waals surface area (Å²) in [5.41, 5.74) is 0.801. The molecule has 1 aromatic heterocycles. The molecule has 0 aliphatic rings. The van der Waals surface area contributed by atoms with E-state index in [1.165, 1.54) is 0 Å². The number of carboxylic acids is 1. The highest BCUT2D eigenvalue weighted by molar-refractivity contribution is 5.86. The number of hydrogen-bond acceptors (Lipinski definition) is 3. The number of carbonyl (C=O) groups is 1. The highest BCUT2D eigenvalue weighted by Crippen LogP contribution is 2.18. The van der Waals surface area contributed by atoms with Crippen LogP contribution in [0.2, 0.25) is 0 Å². The van der Waals surface area contributed by atoms with Crippen molar-refractivity contribution in [3.05, 3.63) is 42.6 Å². The van der Waals surface area contributed by atoms with Crippen LogP contribution in [0.4, 0.5) is 5.82 Å². The molecular formula is C14H18N2O2. The molecule has 0 radical (unpaired) electrons. The first kappa shape index (κ1) is 14.0. The number of aromatic nitrogens is 1. The van der Waals surface area contributed by atoms with Gasteiger partial charge in [0.05, 0.1) is 0 Å². The van der Waals surface area contributed by atoms with Crippen molar-refractivity contribution in [3.63, 3.8) is 0 Å². The van der Waals surface area contributed by atoms with Crippen LogP contribution in [0.3, 0.4) is 0 Å². The van der Waals surface area contributed by atoms with Crippen molar-refractivity contribution in [2.45, 2.75) is 13.3 Å². The molecule has 1 heterocycles. The largest absolute Gasteiger partial charge is 0.478 e. The molecule has 1 rings (SSSR count). The molecule has 0 unspecified atom stereocenters. The van der Waals surface area contributed by atoms with Crippen molar-refractivity contribution in [3.8, 4) is 0 Å². The molecule has 1 aromatic rings. The number of rotatable bonds is 7. The lowest BCUT2D eigenvalue weighted by Gasteiger charge is -2.23. The van der Waals surface area contributed by atoms with Crippen LogP contribution in [-0.4, -0.2) is 29.1 Å². The Balaban J connectivity index is 3.04. The number of carboxylic acid groups (broad SMARTS) is 1. The maximum Gasteiger partial charge on any atom is 0.328 e. The first-order valence-corrected chi connectivity index (χ1v) is 5.91. The second-order valence-electron chi connectivity index (χ2n) is 3.82. The molecule has 4 heteroatoms. The van der Waals surface area contributed by atoms with E-state index in [9.17, 15) is 4.79 Å². The van der Waals surface area contributed by atoms with Gasteiger partial charge in [0.15, 0.2) is 0 Å². The number of nitrogens with zero attached hydrogens (tertiary/aromatic N) is 2. The summed E-state index contributed by atoms with van der Waals surface area (Å²) in [6.07, 6.45) is 7.20. The lowest BCUT2D eigenvalue weighted by atomic mass is 10.2. The van der Waals surface area contributed by atoms with Gasteiger partial charge >= 0.3 is 5.97 Å². The summed E-state index contributed by atoms with van der Waals surface area (Å²) in [5, 5.41) is 8.67. The van der Waals surface area contributed by atoms with E-state index < -0.39 is 5.97 Å². The van der Waals surface area contributed by atoms with E-state index in [4.69, 9.17) is 5.11 Å². The second kappa shape index (κ2) is 7.27. The van der Waals surface area contributed by atoms with Crippen LogP contribution in [-0.2, 0) is 4.79 Å². The van der Waals surface area contributed by atoms with Crippen LogP contribution < -0.4 is 4.90 Å². The fraction of sp³-hybridized carbons (Fsp3) is 0.286. The molecule has 0 aliphatic heterocycles. The van der Waals surface area contributed by atoms with E-state index in [0.29, 0.717) is 6.54 Å². The predicted octanol–water partition coefficient (Wildman–Crippen LogP) is 2.58. The molecule has 0 aromatic carbocycles. The van der Waals surface area contributed by atoms with Gasteiger partial charge in [0.2, 0.25) is 0 Å². The van der Waals surface area contributed by atoms with Crippen LogP contribution in [0.1, 0.15) is 18.9 Å². The lowest BCUT2D eigenvalue weighted by Crippen LogP contribution is -2.25. The third-order valence-corrected chi connectivity index (χ3v) is 2.36. The molecule has 18 heavy (non-hydrogen) atoms. The van der Waals surface area contributed by atoms with Crippen LogP contribution in [0.15, 0.2) is 37.1 Å². The molecule has 0 saturated carbocycles. The Morgan fingerprint density at radius 3 is 3.00 bits per heavy atom. The predicted molar refractivity (Wildman–Crippen MR) is 73.6 cm³/mol. The maximum atomic E-state index is 10.6. The standard InChI is InChI=1S/C14H18N2O2/c1-3-10-16(11-4-2)14-12(6-5-9-15-14)7-8-13(17)18/h3,5-9H,1,4,10-11H2,2H3,(H,17,18)/b8-7+. The number of anilines is 1. The molecule has 0 bridgehead atoms. The van der Waals surface area contributed by atoms with Gasteiger partial charge in [-0.25, -0.2) is 9.78 Å². The second-order valence-corrected chi connectivity index (χ2v) is 3.82. The van der Waals surface area contributed by atoms with Gasteiger partial charge in [-0.2, -0.15) is 0 Å². The van der Waals surface area contributed by atoms with E-state index in [0.717, 1.165) is 30.4 Å². The van der Waals surface area contributed by atoms with Crippen molar-refractivity contribution in [1.82, 2.24) is 4.98 Å². The van der Waals surface area contributed by atoms with Crippen molar-refractivity contribution in [2.24, 2.45) is 0 Å². The van der Waals surface area contributed by atoms with E-state index in [1.54, 1.807) is 18.3 Å². The Kier molecular flexibility index (Phi) is 5.64. The molecule has 0 atom stereocenters. The summed E-state index contributed by atoms with van der Waals surface area (Å²) in [4.78, 5) is 17.0. The zero-order valence-electron chi connectivity index (χ0n) is 10.5. The van der Waals surface area contributed by atoms with Crippen molar-refractivity contribution in [1.29, 1.82) is 0 Å². The fourth-order valence-electron chi connectivity index (χ4n) is 1.67. The molecule has 0 amide bonds. The minimum atomic E-state index is -0.962. The maximum absolute atomic E-state index is 10.6. The summed E-state index contributed by atoms with van der Waals surface area (Å²) in [6.45, 7) is 7.37. The fourth-order valence-corrected chi connectivity index (χ4v) is 1.67. The SMILES string of the molecule is C=CCN(CCC)c1ncccc1/C=C/C(=O)O. The highest BCUT2D eigenvalue weighted by Gasteiger charge is 2.08. The van der Waals surface area contributed by atoms with Crippen molar-refractivity contribution in [2.75, 3.05) is 18.0 Å². The number of aliphatic carboxylic acids is 1. The van der Waals surface area contributed by atoms with Gasteiger partial charge < -0.3 is 10.0 Å². The van der Waals surface area contributed by atoms with Crippen LogP contribution >= 0.6 is 0 Å². The zero-order valence-corrected chi connectivity index (χ0v) is 10.5. The summed E-state index contributed by atoms with van der Waals surface area (Å²) < 4.78 is 0. The average Bonchev–Trinajstić information content (AvgIpc) is 2.36. The van der Waals surface area contributed by atoms with Crippen molar-refractivity contribution < 1.29 is 9.90 Å². The first-order valence-electron chi connectivity index (χ1n) is 5.91. The first-order chi connectivity index (χ1) is 8.69. The zero-order chi connectivity index (χ0) is 13.4. The molecule has 0 aliphatic carbocycles. The Morgan fingerprint density at radius 1 is 1.61 bits per heavy atom. The van der Waals surface area contributed by atoms with Gasteiger partial charge in [0, 0.05) is 30.9 Å². The Hall–Kier alpha value is -2.10. The van der Waals surface area contributed by atoms with Crippen molar-refractivity contribution >= 4 is 17.9 Å². The molecule has 96 valence electrons. The topological polar surface area (TPSA) is 53.4 Å². The number of hydrogen-bond donors (Lipinski definition) is 1. The summed E-state index contributed by atoms with van der Waals surface area (Å²) in [7, 11) is 0. The van der Waals surface area contributed by atoms with Crippen LogP contribution in [0.5, 0.6) is 0 Å². The van der Waals surface area contributed by atoms with Gasteiger partial charge in [-0.1, -0.05) is 13.0 Å². The molecular weight excluding hydrogens is 228 g/mol. The van der Waals surface area contributed by atoms with Gasteiger partial charge in [0.25, 0.3) is 0 Å². The smallest absolute Gasteiger partial charge is 0.328 e. The van der Waals surface area contributed by atoms with Gasteiger partial charge in [-0.15, -0.1) is 6.58 Å². The lowest BCUT2D eigenvalue weighted by molar-refractivity contribution is -0.131. The molecule has 0 fully saturated rings. The van der Waals surface area contributed by atoms with E-state index >= 15 is 0 Å². The minimum Gasteiger partial charge on any atom is -0.478 e. The Bertz CT molecular complexity index is 441. The quantitative estimate of drug-likeness (QED) is 0.593. The van der Waals surface area contributed by atoms with Gasteiger partial charge in [-0.05, 0) is 24.6 Å². The molecule has 0 saturated heterocycles. The monoisotopic (exact) mass is 246 g/mol. The minimum absolute atomic E-state index is 0.693. The van der Waals surface area contributed by atoms with E-state index in [1.807, 2.05) is 12.1 Å². The Labute approximate surface area is 107 Å². The summed E-state index contributed by atoms with van der Waals surface area (Å²) >= 11 is 0.